The number of esters is 1. The molecule has 0 atom stereocenters. The maximum Gasteiger partial charge on any atom is 0.338 e. The number of ether oxygens (including phenoxy) is 1. The highest BCUT2D eigenvalue weighted by Crippen LogP contribution is 2.35. The number of H-pyrrole nitrogens is 1. The molecule has 4 aromatic rings. The number of aliphatic imine (C=N–C) groups is 1. The fraction of sp³-hybridized carbons (Fsp3) is 0.0833. The van der Waals surface area contributed by atoms with Gasteiger partial charge in [-0.05, 0) is 72.8 Å². The minimum atomic E-state index is -0.475. The predicted molar refractivity (Wildman–Crippen MR) is 139 cm³/mol. The molecule has 9 nitrogen and oxygen atoms in total. The monoisotopic (exact) mass is 541 g/mol. The summed E-state index contributed by atoms with van der Waals surface area (Å²) in [7, 11) is 0. The summed E-state index contributed by atoms with van der Waals surface area (Å²) >= 11 is 13.2. The smallest absolute Gasteiger partial charge is 0.338 e. The zero-order chi connectivity index (χ0) is 25.7. The van der Waals surface area contributed by atoms with E-state index in [0.717, 1.165) is 11.8 Å². The highest BCUT2D eigenvalue weighted by Gasteiger charge is 2.18. The third-order valence-corrected chi connectivity index (χ3v) is 6.25. The van der Waals surface area contributed by atoms with Crippen molar-refractivity contribution in [1.82, 2.24) is 15.2 Å². The lowest BCUT2D eigenvalue weighted by Gasteiger charge is -2.03. The zero-order valence-electron chi connectivity index (χ0n) is 18.6. The number of halogens is 2. The van der Waals surface area contributed by atoms with Crippen molar-refractivity contribution >= 4 is 58.5 Å². The maximum atomic E-state index is 11.8. The first-order valence-electron chi connectivity index (χ1n) is 10.5. The number of nitrogens with one attached hydrogen (secondary N) is 1. The average molecular weight is 542 g/mol. The minimum Gasteiger partial charge on any atom is -0.462 e. The first-order valence-corrected chi connectivity index (χ1v) is 12.1. The molecule has 0 aliphatic rings. The van der Waals surface area contributed by atoms with E-state index in [1.807, 2.05) is 0 Å². The van der Waals surface area contributed by atoms with Crippen LogP contribution >= 0.6 is 35.0 Å². The Kier molecular flexibility index (Phi) is 7.99. The maximum absolute atomic E-state index is 11.8. The van der Waals surface area contributed by atoms with Crippen molar-refractivity contribution < 1.29 is 14.5 Å². The highest BCUT2D eigenvalue weighted by atomic mass is 35.5. The second-order valence-electron chi connectivity index (χ2n) is 7.20. The molecule has 0 bridgehead atoms. The summed E-state index contributed by atoms with van der Waals surface area (Å²) in [4.78, 5) is 32.1. The summed E-state index contributed by atoms with van der Waals surface area (Å²) in [5.41, 5.74) is 2.03. The predicted octanol–water partition coefficient (Wildman–Crippen LogP) is 6.77. The standard InChI is InChI=1S/C24H17Cl2N5O4S/c1-2-35-23(32)15-4-7-17(8-5-15)27-13-14-3-10-21(20(11-14)31(33)34)36-24-28-22(29-30-24)18-9-6-16(25)12-19(18)26/h3-13H,2H2,1H3,(H,28,29,30). The summed E-state index contributed by atoms with van der Waals surface area (Å²) < 4.78 is 4.95. The van der Waals surface area contributed by atoms with Gasteiger partial charge >= 0.3 is 5.97 Å². The molecule has 182 valence electrons. The first-order chi connectivity index (χ1) is 17.3. The number of hydrogen-bond acceptors (Lipinski definition) is 8. The van der Waals surface area contributed by atoms with Gasteiger partial charge in [0.15, 0.2) is 5.82 Å². The van der Waals surface area contributed by atoms with E-state index in [1.54, 1.807) is 61.5 Å². The number of nitro benzene ring substituents is 1. The summed E-state index contributed by atoms with van der Waals surface area (Å²) in [5, 5.41) is 19.8. The molecule has 0 unspecified atom stereocenters. The van der Waals surface area contributed by atoms with Crippen LogP contribution in [-0.4, -0.2) is 38.9 Å². The Balaban J connectivity index is 1.51. The Morgan fingerprint density at radius 2 is 1.94 bits per heavy atom. The van der Waals surface area contributed by atoms with Crippen molar-refractivity contribution in [3.8, 4) is 11.4 Å². The van der Waals surface area contributed by atoms with Gasteiger partial charge in [0, 0.05) is 22.9 Å². The Labute approximate surface area is 219 Å². The van der Waals surface area contributed by atoms with Gasteiger partial charge in [0.05, 0.1) is 32.7 Å². The lowest BCUT2D eigenvalue weighted by Crippen LogP contribution is -2.03. The Morgan fingerprint density at radius 1 is 1.17 bits per heavy atom. The van der Waals surface area contributed by atoms with Crippen LogP contribution in [-0.2, 0) is 4.74 Å². The summed E-state index contributed by atoms with van der Waals surface area (Å²) in [6.45, 7) is 2.03. The molecule has 0 spiro atoms. The van der Waals surface area contributed by atoms with Gasteiger partial charge in [-0.25, -0.2) is 9.78 Å². The van der Waals surface area contributed by atoms with Crippen LogP contribution in [0.25, 0.3) is 11.4 Å². The van der Waals surface area contributed by atoms with Crippen LogP contribution in [0.1, 0.15) is 22.8 Å². The largest absolute Gasteiger partial charge is 0.462 e. The summed E-state index contributed by atoms with van der Waals surface area (Å²) in [6.07, 6.45) is 1.51. The highest BCUT2D eigenvalue weighted by molar-refractivity contribution is 7.99. The quantitative estimate of drug-likeness (QED) is 0.113. The van der Waals surface area contributed by atoms with E-state index in [-0.39, 0.29) is 5.69 Å². The molecule has 4 rings (SSSR count). The van der Waals surface area contributed by atoms with E-state index in [4.69, 9.17) is 27.9 Å². The SMILES string of the molecule is CCOC(=O)c1ccc(N=Cc2ccc(Sc3n[nH]c(-c4ccc(Cl)cc4Cl)n3)c([N+](=O)[O-])c2)cc1. The van der Waals surface area contributed by atoms with Gasteiger partial charge in [-0.3, -0.25) is 20.2 Å². The lowest BCUT2D eigenvalue weighted by molar-refractivity contribution is -0.387. The molecule has 0 amide bonds. The number of rotatable bonds is 8. The van der Waals surface area contributed by atoms with Crippen molar-refractivity contribution in [3.05, 3.63) is 92.0 Å². The molecule has 0 aliphatic carbocycles. The normalized spacial score (nSPS) is 11.1. The molecule has 12 heteroatoms. The van der Waals surface area contributed by atoms with Crippen molar-refractivity contribution in [2.24, 2.45) is 4.99 Å². The van der Waals surface area contributed by atoms with E-state index in [9.17, 15) is 14.9 Å². The number of aromatic nitrogens is 3. The third kappa shape index (κ3) is 6.09. The van der Waals surface area contributed by atoms with Crippen LogP contribution in [0.4, 0.5) is 11.4 Å². The van der Waals surface area contributed by atoms with Crippen LogP contribution in [0.3, 0.4) is 0 Å². The molecule has 1 aromatic heterocycles. The van der Waals surface area contributed by atoms with E-state index in [2.05, 4.69) is 20.2 Å². The molecule has 3 aromatic carbocycles. The Morgan fingerprint density at radius 3 is 2.64 bits per heavy atom. The Bertz CT molecular complexity index is 1460. The van der Waals surface area contributed by atoms with Crippen molar-refractivity contribution in [1.29, 1.82) is 0 Å². The van der Waals surface area contributed by atoms with Crippen LogP contribution in [0.5, 0.6) is 0 Å². The number of benzene rings is 3. The molecule has 1 heterocycles. The van der Waals surface area contributed by atoms with Gasteiger partial charge in [0.25, 0.3) is 5.69 Å². The number of carbonyl (C=O) groups excluding carboxylic acids is 1. The van der Waals surface area contributed by atoms with E-state index >= 15 is 0 Å². The molecular formula is C24H17Cl2N5O4S. The fourth-order valence-corrected chi connectivity index (χ4v) is 4.38. The van der Waals surface area contributed by atoms with E-state index in [0.29, 0.717) is 54.9 Å². The minimum absolute atomic E-state index is 0.113. The van der Waals surface area contributed by atoms with Gasteiger partial charge in [-0.2, -0.15) is 0 Å². The van der Waals surface area contributed by atoms with Crippen LogP contribution < -0.4 is 0 Å². The number of carbonyl (C=O) groups is 1. The van der Waals surface area contributed by atoms with E-state index < -0.39 is 10.9 Å². The number of aromatic amines is 1. The molecule has 0 fully saturated rings. The summed E-state index contributed by atoms with van der Waals surface area (Å²) in [6, 6.07) is 16.2. The van der Waals surface area contributed by atoms with Crippen LogP contribution in [0.2, 0.25) is 10.0 Å². The van der Waals surface area contributed by atoms with Crippen molar-refractivity contribution in [2.45, 2.75) is 17.0 Å². The van der Waals surface area contributed by atoms with Gasteiger partial charge < -0.3 is 4.74 Å². The van der Waals surface area contributed by atoms with Gasteiger partial charge in [-0.1, -0.05) is 29.3 Å². The van der Waals surface area contributed by atoms with Crippen molar-refractivity contribution in [3.63, 3.8) is 0 Å². The molecule has 0 aliphatic heterocycles. The Hall–Kier alpha value is -3.73. The fourth-order valence-electron chi connectivity index (χ4n) is 3.08. The topological polar surface area (TPSA) is 123 Å². The first kappa shape index (κ1) is 25.4. The van der Waals surface area contributed by atoms with Gasteiger partial charge in [0.2, 0.25) is 5.16 Å². The number of nitrogens with zero attached hydrogens (tertiary/aromatic N) is 4. The molecule has 0 radical (unpaired) electrons. The number of nitro groups is 1. The van der Waals surface area contributed by atoms with Gasteiger partial charge in [-0.15, -0.1) is 5.10 Å². The molecule has 1 N–H and O–H groups in total. The van der Waals surface area contributed by atoms with Crippen molar-refractivity contribution in [2.75, 3.05) is 6.61 Å². The van der Waals surface area contributed by atoms with Crippen LogP contribution in [0.15, 0.2) is 75.7 Å². The average Bonchev–Trinajstić information content (AvgIpc) is 3.31. The summed E-state index contributed by atoms with van der Waals surface area (Å²) in [5.74, 6) is 0.00563. The molecular weight excluding hydrogens is 525 g/mol. The van der Waals surface area contributed by atoms with E-state index in [1.165, 1.54) is 12.3 Å². The molecule has 36 heavy (non-hydrogen) atoms. The second-order valence-corrected chi connectivity index (χ2v) is 9.06. The molecule has 0 saturated carbocycles. The zero-order valence-corrected chi connectivity index (χ0v) is 21.0. The van der Waals surface area contributed by atoms with Gasteiger partial charge in [0.1, 0.15) is 0 Å². The molecule has 0 saturated heterocycles. The third-order valence-electron chi connectivity index (χ3n) is 4.77. The second kappa shape index (κ2) is 11.3. The lowest BCUT2D eigenvalue weighted by atomic mass is 10.2. The van der Waals surface area contributed by atoms with Crippen LogP contribution in [0, 0.1) is 10.1 Å². The number of hydrogen-bond donors (Lipinski definition) is 1.